The number of carbonyl (C=O) groups excluding carboxylic acids is 2. The third-order valence-electron chi connectivity index (χ3n) is 3.48. The van der Waals surface area contributed by atoms with Crippen LogP contribution >= 0.6 is 34.2 Å². The van der Waals surface area contributed by atoms with E-state index < -0.39 is 0 Å². The molecule has 0 atom stereocenters. The Labute approximate surface area is 136 Å². The van der Waals surface area contributed by atoms with Gasteiger partial charge in [-0.2, -0.15) is 0 Å². The van der Waals surface area contributed by atoms with Crippen molar-refractivity contribution in [3.63, 3.8) is 0 Å². The molecule has 1 aliphatic heterocycles. The molecule has 0 spiro atoms. The minimum Gasteiger partial charge on any atom is -0.469 e. The average molecular weight is 408 g/mol. The molecule has 1 aromatic carbocycles. The van der Waals surface area contributed by atoms with Gasteiger partial charge >= 0.3 is 5.97 Å². The third-order valence-corrected chi connectivity index (χ3v) is 5.06. The molecule has 1 fully saturated rings. The topological polar surface area (TPSA) is 46.6 Å². The van der Waals surface area contributed by atoms with E-state index in [0.717, 1.165) is 3.57 Å². The highest BCUT2D eigenvalue weighted by Crippen LogP contribution is 2.23. The second kappa shape index (κ2) is 6.76. The van der Waals surface area contributed by atoms with E-state index >= 15 is 0 Å². The molecule has 1 aliphatic rings. The maximum absolute atomic E-state index is 12.4. The maximum Gasteiger partial charge on any atom is 0.308 e. The molecule has 1 amide bonds. The molecule has 1 heterocycles. The van der Waals surface area contributed by atoms with Crippen LogP contribution in [0.25, 0.3) is 0 Å². The molecule has 0 radical (unpaired) electrons. The molecule has 0 unspecified atom stereocenters. The van der Waals surface area contributed by atoms with Crippen molar-refractivity contribution in [2.24, 2.45) is 5.92 Å². The fourth-order valence-corrected chi connectivity index (χ4v) is 2.81. The van der Waals surface area contributed by atoms with Crippen LogP contribution in [0.4, 0.5) is 0 Å². The first-order chi connectivity index (χ1) is 9.52. The van der Waals surface area contributed by atoms with E-state index in [0.29, 0.717) is 36.5 Å². The highest BCUT2D eigenvalue weighted by molar-refractivity contribution is 14.1. The van der Waals surface area contributed by atoms with Crippen LogP contribution < -0.4 is 0 Å². The Hall–Kier alpha value is -0.820. The summed E-state index contributed by atoms with van der Waals surface area (Å²) >= 11 is 8.17. The molecule has 1 aromatic rings. The van der Waals surface area contributed by atoms with Gasteiger partial charge in [0.15, 0.2) is 0 Å². The van der Waals surface area contributed by atoms with E-state index in [4.69, 9.17) is 16.3 Å². The Bertz CT molecular complexity index is 527. The Kier molecular flexibility index (Phi) is 5.26. The molecule has 6 heteroatoms. The van der Waals surface area contributed by atoms with Crippen LogP contribution in [0.1, 0.15) is 23.2 Å². The zero-order valence-electron chi connectivity index (χ0n) is 11.1. The van der Waals surface area contributed by atoms with Gasteiger partial charge in [0.1, 0.15) is 0 Å². The van der Waals surface area contributed by atoms with Crippen LogP contribution in [0, 0.1) is 9.49 Å². The zero-order chi connectivity index (χ0) is 14.7. The minimum absolute atomic E-state index is 0.0355. The van der Waals surface area contributed by atoms with E-state index in [2.05, 4.69) is 22.6 Å². The van der Waals surface area contributed by atoms with E-state index in [1.807, 2.05) is 6.07 Å². The Balaban J connectivity index is 2.01. The number of carbonyl (C=O) groups is 2. The lowest BCUT2D eigenvalue weighted by Gasteiger charge is -2.30. The SMILES string of the molecule is COC(=O)C1CCN(C(=O)c2ccc(I)c(Cl)c2)CC1. The summed E-state index contributed by atoms with van der Waals surface area (Å²) in [5.41, 5.74) is 0.590. The summed E-state index contributed by atoms with van der Waals surface area (Å²) in [5.74, 6) is -0.314. The molecular weight excluding hydrogens is 393 g/mol. The van der Waals surface area contributed by atoms with Gasteiger partial charge in [0.05, 0.1) is 18.1 Å². The third kappa shape index (κ3) is 3.44. The minimum atomic E-state index is -0.186. The number of esters is 1. The zero-order valence-corrected chi connectivity index (χ0v) is 14.0. The molecule has 0 aliphatic carbocycles. The molecule has 1 saturated heterocycles. The molecule has 4 nitrogen and oxygen atoms in total. The number of piperidine rings is 1. The summed E-state index contributed by atoms with van der Waals surface area (Å²) in [4.78, 5) is 25.6. The predicted octanol–water partition coefficient (Wildman–Crippen LogP) is 2.97. The van der Waals surface area contributed by atoms with Gasteiger partial charge in [-0.15, -0.1) is 0 Å². The summed E-state index contributed by atoms with van der Waals surface area (Å²) in [5, 5.41) is 0.584. The van der Waals surface area contributed by atoms with Crippen molar-refractivity contribution in [2.45, 2.75) is 12.8 Å². The van der Waals surface area contributed by atoms with Crippen molar-refractivity contribution in [3.05, 3.63) is 32.4 Å². The summed E-state index contributed by atoms with van der Waals surface area (Å²) < 4.78 is 5.66. The van der Waals surface area contributed by atoms with Crippen LogP contribution in [-0.2, 0) is 9.53 Å². The normalized spacial score (nSPS) is 16.1. The number of halogens is 2. The lowest BCUT2D eigenvalue weighted by Crippen LogP contribution is -2.40. The van der Waals surface area contributed by atoms with Gasteiger partial charge in [0, 0.05) is 22.2 Å². The maximum atomic E-state index is 12.4. The number of likely N-dealkylation sites (tertiary alicyclic amines) is 1. The fourth-order valence-electron chi connectivity index (χ4n) is 2.30. The first-order valence-corrected chi connectivity index (χ1v) is 7.80. The Morgan fingerprint density at radius 2 is 2.00 bits per heavy atom. The first kappa shape index (κ1) is 15.6. The van der Waals surface area contributed by atoms with Gasteiger partial charge in [-0.3, -0.25) is 9.59 Å². The summed E-state index contributed by atoms with van der Waals surface area (Å²) in [6, 6.07) is 5.30. The van der Waals surface area contributed by atoms with Crippen LogP contribution in [0.2, 0.25) is 5.02 Å². The van der Waals surface area contributed by atoms with Crippen LogP contribution in [0.5, 0.6) is 0 Å². The number of methoxy groups -OCH3 is 1. The average Bonchev–Trinajstić information content (AvgIpc) is 2.48. The van der Waals surface area contributed by atoms with Crippen LogP contribution in [0.15, 0.2) is 18.2 Å². The fraction of sp³-hybridized carbons (Fsp3) is 0.429. The number of benzene rings is 1. The van der Waals surface area contributed by atoms with Gasteiger partial charge in [-0.25, -0.2) is 0 Å². The van der Waals surface area contributed by atoms with Gasteiger partial charge in [0.2, 0.25) is 0 Å². The smallest absolute Gasteiger partial charge is 0.308 e. The van der Waals surface area contributed by atoms with Crippen molar-refractivity contribution in [3.8, 4) is 0 Å². The van der Waals surface area contributed by atoms with Crippen LogP contribution in [-0.4, -0.2) is 37.0 Å². The Morgan fingerprint density at radius 3 is 2.55 bits per heavy atom. The molecule has 108 valence electrons. The highest BCUT2D eigenvalue weighted by Gasteiger charge is 2.28. The molecule has 20 heavy (non-hydrogen) atoms. The largest absolute Gasteiger partial charge is 0.469 e. The predicted molar refractivity (Wildman–Crippen MR) is 84.8 cm³/mol. The van der Waals surface area contributed by atoms with Gasteiger partial charge < -0.3 is 9.64 Å². The first-order valence-electron chi connectivity index (χ1n) is 6.35. The van der Waals surface area contributed by atoms with Crippen molar-refractivity contribution < 1.29 is 14.3 Å². The lowest BCUT2D eigenvalue weighted by atomic mass is 9.96. The molecule has 0 aromatic heterocycles. The van der Waals surface area contributed by atoms with Crippen molar-refractivity contribution in [2.75, 3.05) is 20.2 Å². The summed E-state index contributed by atoms with van der Waals surface area (Å²) in [7, 11) is 1.40. The van der Waals surface area contributed by atoms with Gasteiger partial charge in [-0.05, 0) is 53.6 Å². The van der Waals surface area contributed by atoms with Crippen molar-refractivity contribution >= 4 is 46.1 Å². The number of hydrogen-bond donors (Lipinski definition) is 0. The van der Waals surface area contributed by atoms with E-state index in [1.165, 1.54) is 7.11 Å². The van der Waals surface area contributed by atoms with Crippen LogP contribution in [0.3, 0.4) is 0 Å². The lowest BCUT2D eigenvalue weighted by molar-refractivity contribution is -0.146. The van der Waals surface area contributed by atoms with Crippen molar-refractivity contribution in [1.29, 1.82) is 0 Å². The van der Waals surface area contributed by atoms with Gasteiger partial charge in [0.25, 0.3) is 5.91 Å². The summed E-state index contributed by atoms with van der Waals surface area (Å²) in [6.45, 7) is 1.14. The van der Waals surface area contributed by atoms with Crippen molar-refractivity contribution in [1.82, 2.24) is 4.90 Å². The molecule has 0 N–H and O–H groups in total. The molecular formula is C14H15ClINO3. The second-order valence-electron chi connectivity index (χ2n) is 4.72. The van der Waals surface area contributed by atoms with E-state index in [1.54, 1.807) is 17.0 Å². The number of ether oxygens (including phenoxy) is 1. The van der Waals surface area contributed by atoms with Gasteiger partial charge in [-0.1, -0.05) is 11.6 Å². The standard InChI is InChI=1S/C14H15ClINO3/c1-20-14(19)9-4-6-17(7-5-9)13(18)10-2-3-12(16)11(15)8-10/h2-3,8-9H,4-7H2,1H3. The molecule has 0 bridgehead atoms. The monoisotopic (exact) mass is 407 g/mol. The number of hydrogen-bond acceptors (Lipinski definition) is 3. The number of nitrogens with zero attached hydrogens (tertiary/aromatic N) is 1. The number of amides is 1. The Morgan fingerprint density at radius 1 is 1.35 bits per heavy atom. The molecule has 2 rings (SSSR count). The summed E-state index contributed by atoms with van der Waals surface area (Å²) in [6.07, 6.45) is 1.30. The molecule has 0 saturated carbocycles. The number of rotatable bonds is 2. The quantitative estimate of drug-likeness (QED) is 0.559. The highest BCUT2D eigenvalue weighted by atomic mass is 127. The van der Waals surface area contributed by atoms with E-state index in [9.17, 15) is 9.59 Å². The second-order valence-corrected chi connectivity index (χ2v) is 6.29. The van der Waals surface area contributed by atoms with E-state index in [-0.39, 0.29) is 17.8 Å².